The highest BCUT2D eigenvalue weighted by Gasteiger charge is 2.17. The second-order valence-electron chi connectivity index (χ2n) is 3.76. The van der Waals surface area contributed by atoms with Crippen LogP contribution in [0.2, 0.25) is 0 Å². The molecular weight excluding hydrogens is 322 g/mol. The fourth-order valence-electron chi connectivity index (χ4n) is 1.08. The summed E-state index contributed by atoms with van der Waals surface area (Å²) in [7, 11) is 0. The van der Waals surface area contributed by atoms with E-state index in [1.165, 1.54) is 12.1 Å². The normalized spacial score (nSPS) is 14.3. The predicted molar refractivity (Wildman–Crippen MR) is 70.6 cm³/mol. The van der Waals surface area contributed by atoms with Crippen molar-refractivity contribution in [2.45, 2.75) is 19.9 Å². The summed E-state index contributed by atoms with van der Waals surface area (Å²) in [5, 5.41) is 2.73. The van der Waals surface area contributed by atoms with Gasteiger partial charge in [0.25, 0.3) is 0 Å². The second-order valence-corrected chi connectivity index (χ2v) is 4.92. The van der Waals surface area contributed by atoms with Crippen molar-refractivity contribution >= 4 is 34.2 Å². The number of rotatable bonds is 3. The summed E-state index contributed by atoms with van der Waals surface area (Å²) in [6.45, 7) is 3.54. The van der Waals surface area contributed by atoms with Gasteiger partial charge < -0.3 is 11.1 Å². The zero-order valence-electron chi connectivity index (χ0n) is 9.13. The van der Waals surface area contributed by atoms with E-state index in [0.29, 0.717) is 9.26 Å². The molecule has 1 aromatic carbocycles. The van der Waals surface area contributed by atoms with Crippen molar-refractivity contribution in [3.63, 3.8) is 0 Å². The van der Waals surface area contributed by atoms with E-state index in [2.05, 4.69) is 5.32 Å². The van der Waals surface area contributed by atoms with Crippen molar-refractivity contribution in [2.24, 2.45) is 11.7 Å². The molecular formula is C11H14FIN2O. The van der Waals surface area contributed by atoms with E-state index < -0.39 is 0 Å². The average molecular weight is 336 g/mol. The summed E-state index contributed by atoms with van der Waals surface area (Å²) in [5.41, 5.74) is 6.24. The lowest BCUT2D eigenvalue weighted by Gasteiger charge is -2.16. The molecule has 0 aliphatic heterocycles. The van der Waals surface area contributed by atoms with Gasteiger partial charge in [0.2, 0.25) is 5.91 Å². The van der Waals surface area contributed by atoms with Crippen LogP contribution in [0.1, 0.15) is 13.8 Å². The number of benzene rings is 1. The fourth-order valence-corrected chi connectivity index (χ4v) is 1.69. The molecule has 0 fully saturated rings. The van der Waals surface area contributed by atoms with Crippen molar-refractivity contribution < 1.29 is 9.18 Å². The Morgan fingerprint density at radius 1 is 1.50 bits per heavy atom. The molecule has 3 nitrogen and oxygen atoms in total. The molecule has 1 amide bonds. The molecule has 0 bridgehead atoms. The number of amides is 1. The van der Waals surface area contributed by atoms with Crippen LogP contribution >= 0.6 is 22.6 Å². The maximum atomic E-state index is 12.8. The van der Waals surface area contributed by atoms with Crippen molar-refractivity contribution in [1.29, 1.82) is 0 Å². The van der Waals surface area contributed by atoms with Gasteiger partial charge in [-0.1, -0.05) is 6.92 Å². The van der Waals surface area contributed by atoms with Crippen molar-refractivity contribution in [1.82, 2.24) is 0 Å². The van der Waals surface area contributed by atoms with Gasteiger partial charge in [-0.15, -0.1) is 0 Å². The molecule has 0 saturated carbocycles. The van der Waals surface area contributed by atoms with Crippen molar-refractivity contribution in [2.75, 3.05) is 5.32 Å². The molecule has 0 aliphatic rings. The Kier molecular flexibility index (Phi) is 4.67. The van der Waals surface area contributed by atoms with Crippen LogP contribution in [0, 0.1) is 15.3 Å². The number of nitrogens with two attached hydrogens (primary N) is 1. The molecule has 0 heterocycles. The van der Waals surface area contributed by atoms with Gasteiger partial charge in [-0.05, 0) is 47.7 Å². The van der Waals surface area contributed by atoms with E-state index in [-0.39, 0.29) is 23.7 Å². The third kappa shape index (κ3) is 3.41. The lowest BCUT2D eigenvalue weighted by Crippen LogP contribution is -2.34. The topological polar surface area (TPSA) is 55.1 Å². The Morgan fingerprint density at radius 3 is 2.62 bits per heavy atom. The monoisotopic (exact) mass is 336 g/mol. The predicted octanol–water partition coefficient (Wildman–Crippen LogP) is 2.35. The van der Waals surface area contributed by atoms with Gasteiger partial charge in [0.05, 0.1) is 11.6 Å². The Hall–Kier alpha value is -0.690. The van der Waals surface area contributed by atoms with Gasteiger partial charge in [0.15, 0.2) is 0 Å². The first-order chi connectivity index (χ1) is 7.41. The molecule has 3 N–H and O–H groups in total. The lowest BCUT2D eigenvalue weighted by molar-refractivity contribution is -0.119. The summed E-state index contributed by atoms with van der Waals surface area (Å²) in [4.78, 5) is 11.7. The molecule has 1 aromatic rings. The number of halogens is 2. The molecule has 0 aliphatic carbocycles. The number of hydrogen-bond donors (Lipinski definition) is 2. The highest BCUT2D eigenvalue weighted by molar-refractivity contribution is 14.1. The number of nitrogens with one attached hydrogen (secondary N) is 1. The van der Waals surface area contributed by atoms with E-state index in [1.807, 2.05) is 22.6 Å². The minimum absolute atomic E-state index is 0.153. The SMILES string of the molecule is CC(N)C(C)C(=O)Nc1ccc(F)cc1I. The van der Waals surface area contributed by atoms with Gasteiger partial charge in [0, 0.05) is 9.61 Å². The summed E-state index contributed by atoms with van der Waals surface area (Å²) in [5.74, 6) is -0.747. The van der Waals surface area contributed by atoms with Crippen LogP contribution in [0.3, 0.4) is 0 Å². The van der Waals surface area contributed by atoms with Crippen LogP contribution in [-0.2, 0) is 4.79 Å². The van der Waals surface area contributed by atoms with Crippen LogP contribution in [0.15, 0.2) is 18.2 Å². The van der Waals surface area contributed by atoms with Crippen molar-refractivity contribution in [3.05, 3.63) is 27.6 Å². The molecule has 2 unspecified atom stereocenters. The highest BCUT2D eigenvalue weighted by atomic mass is 127. The van der Waals surface area contributed by atoms with Gasteiger partial charge >= 0.3 is 0 Å². The molecule has 0 aromatic heterocycles. The summed E-state index contributed by atoms with van der Waals surface area (Å²) in [6.07, 6.45) is 0. The minimum Gasteiger partial charge on any atom is -0.327 e. The molecule has 1 rings (SSSR count). The molecule has 0 saturated heterocycles. The van der Waals surface area contributed by atoms with Crippen LogP contribution < -0.4 is 11.1 Å². The van der Waals surface area contributed by atoms with Gasteiger partial charge in [-0.2, -0.15) is 0 Å². The second kappa shape index (κ2) is 5.58. The van der Waals surface area contributed by atoms with Gasteiger partial charge in [-0.3, -0.25) is 4.79 Å². The van der Waals surface area contributed by atoms with Gasteiger partial charge in [-0.25, -0.2) is 4.39 Å². The molecule has 2 atom stereocenters. The zero-order chi connectivity index (χ0) is 12.3. The Labute approximate surface area is 108 Å². The molecule has 0 spiro atoms. The van der Waals surface area contributed by atoms with E-state index in [1.54, 1.807) is 19.9 Å². The van der Waals surface area contributed by atoms with Crippen LogP contribution in [0.25, 0.3) is 0 Å². The quantitative estimate of drug-likeness (QED) is 0.833. The van der Waals surface area contributed by atoms with E-state index in [4.69, 9.17) is 5.73 Å². The lowest BCUT2D eigenvalue weighted by atomic mass is 10.0. The van der Waals surface area contributed by atoms with Gasteiger partial charge in [0.1, 0.15) is 5.82 Å². The Morgan fingerprint density at radius 2 is 2.12 bits per heavy atom. The molecule has 16 heavy (non-hydrogen) atoms. The first-order valence-corrected chi connectivity index (χ1v) is 6.01. The Balaban J connectivity index is 2.77. The standard InChI is InChI=1S/C11H14FIN2O/c1-6(7(2)14)11(16)15-10-4-3-8(12)5-9(10)13/h3-7H,14H2,1-2H3,(H,15,16). The Bertz CT molecular complexity index is 396. The molecule has 88 valence electrons. The third-order valence-electron chi connectivity index (χ3n) is 2.39. The maximum absolute atomic E-state index is 12.8. The van der Waals surface area contributed by atoms with Crippen molar-refractivity contribution in [3.8, 4) is 0 Å². The first kappa shape index (κ1) is 13.4. The number of anilines is 1. The zero-order valence-corrected chi connectivity index (χ0v) is 11.3. The van der Waals surface area contributed by atoms with Crippen LogP contribution in [-0.4, -0.2) is 11.9 Å². The molecule has 0 radical (unpaired) electrons. The summed E-state index contributed by atoms with van der Waals surface area (Å²) < 4.78 is 13.5. The van der Waals surface area contributed by atoms with Crippen LogP contribution in [0.4, 0.5) is 10.1 Å². The summed E-state index contributed by atoms with van der Waals surface area (Å²) >= 11 is 1.97. The highest BCUT2D eigenvalue weighted by Crippen LogP contribution is 2.19. The van der Waals surface area contributed by atoms with E-state index in [9.17, 15) is 9.18 Å². The third-order valence-corrected chi connectivity index (χ3v) is 3.28. The number of carbonyl (C=O) groups excluding carboxylic acids is 1. The van der Waals surface area contributed by atoms with E-state index in [0.717, 1.165) is 0 Å². The fraction of sp³-hybridized carbons (Fsp3) is 0.364. The first-order valence-electron chi connectivity index (χ1n) is 4.93. The maximum Gasteiger partial charge on any atom is 0.228 e. The largest absolute Gasteiger partial charge is 0.327 e. The summed E-state index contributed by atoms with van der Waals surface area (Å²) in [6, 6.07) is 4.02. The minimum atomic E-state index is -0.317. The van der Waals surface area contributed by atoms with E-state index >= 15 is 0 Å². The number of hydrogen-bond acceptors (Lipinski definition) is 2. The number of carbonyl (C=O) groups is 1. The van der Waals surface area contributed by atoms with Crippen LogP contribution in [0.5, 0.6) is 0 Å². The average Bonchev–Trinajstić information content (AvgIpc) is 2.20. The smallest absolute Gasteiger partial charge is 0.228 e. The molecule has 5 heteroatoms.